The van der Waals surface area contributed by atoms with E-state index in [1.807, 2.05) is 44.2 Å². The molecule has 0 saturated heterocycles. The molecule has 2 heterocycles. The Morgan fingerprint density at radius 3 is 2.76 bits per heavy atom. The van der Waals surface area contributed by atoms with Crippen molar-refractivity contribution in [1.29, 1.82) is 0 Å². The number of aromatic nitrogens is 1. The molecule has 4 heteroatoms. The van der Waals surface area contributed by atoms with Crippen LogP contribution in [0.2, 0.25) is 0 Å². The van der Waals surface area contributed by atoms with Crippen molar-refractivity contribution in [3.05, 3.63) is 75.1 Å². The highest BCUT2D eigenvalue weighted by molar-refractivity contribution is 6.06. The fourth-order valence-corrected chi connectivity index (χ4v) is 3.72. The lowest BCUT2D eigenvalue weighted by atomic mass is 10.1. The van der Waals surface area contributed by atoms with Gasteiger partial charge in [0.25, 0.3) is 5.91 Å². The first-order valence-corrected chi connectivity index (χ1v) is 8.51. The summed E-state index contributed by atoms with van der Waals surface area (Å²) in [6.07, 6.45) is 2.60. The Morgan fingerprint density at radius 2 is 2.00 bits per heavy atom. The predicted molar refractivity (Wildman–Crippen MR) is 100 cm³/mol. The van der Waals surface area contributed by atoms with Gasteiger partial charge in [-0.1, -0.05) is 29.8 Å². The maximum Gasteiger partial charge on any atom is 0.261 e. The first-order chi connectivity index (χ1) is 12.0. The third-order valence-electron chi connectivity index (χ3n) is 5.00. The molecule has 4 rings (SSSR count). The van der Waals surface area contributed by atoms with Crippen LogP contribution in [0.5, 0.6) is 0 Å². The van der Waals surface area contributed by atoms with Crippen LogP contribution in [0.25, 0.3) is 10.9 Å². The van der Waals surface area contributed by atoms with Gasteiger partial charge in [-0.15, -0.1) is 0 Å². The molecule has 0 aliphatic carbocycles. The van der Waals surface area contributed by atoms with Crippen molar-refractivity contribution >= 4 is 22.5 Å². The summed E-state index contributed by atoms with van der Waals surface area (Å²) in [6.45, 7) is 6.06. The molecule has 1 atom stereocenters. The maximum atomic E-state index is 12.9. The van der Waals surface area contributed by atoms with Crippen molar-refractivity contribution in [1.82, 2.24) is 4.57 Å². The number of aryl methyl sites for hydroxylation is 2. The van der Waals surface area contributed by atoms with Crippen molar-refractivity contribution < 1.29 is 4.79 Å². The van der Waals surface area contributed by atoms with E-state index in [2.05, 4.69) is 22.9 Å². The zero-order valence-corrected chi connectivity index (χ0v) is 14.6. The van der Waals surface area contributed by atoms with Gasteiger partial charge in [0.2, 0.25) is 5.43 Å². The summed E-state index contributed by atoms with van der Waals surface area (Å²) >= 11 is 0. The minimum Gasteiger partial charge on any atom is -0.343 e. The lowest BCUT2D eigenvalue weighted by Gasteiger charge is -2.13. The molecule has 2 aromatic carbocycles. The number of hydrogen-bond acceptors (Lipinski definition) is 2. The number of nitrogens with zero attached hydrogens (tertiary/aromatic N) is 1. The second-order valence-electron chi connectivity index (χ2n) is 6.92. The van der Waals surface area contributed by atoms with Crippen molar-refractivity contribution in [2.75, 3.05) is 5.32 Å². The smallest absolute Gasteiger partial charge is 0.261 e. The van der Waals surface area contributed by atoms with Crippen LogP contribution in [0, 0.1) is 13.8 Å². The zero-order valence-electron chi connectivity index (χ0n) is 14.6. The van der Waals surface area contributed by atoms with E-state index in [0.29, 0.717) is 5.39 Å². The van der Waals surface area contributed by atoms with Gasteiger partial charge in [0.15, 0.2) is 0 Å². The van der Waals surface area contributed by atoms with Crippen LogP contribution >= 0.6 is 0 Å². The van der Waals surface area contributed by atoms with E-state index < -0.39 is 0 Å². The Balaban J connectivity index is 1.81. The van der Waals surface area contributed by atoms with E-state index in [4.69, 9.17) is 0 Å². The Labute approximate surface area is 146 Å². The number of pyridine rings is 1. The molecule has 126 valence electrons. The zero-order chi connectivity index (χ0) is 17.7. The number of benzene rings is 2. The maximum absolute atomic E-state index is 12.9. The van der Waals surface area contributed by atoms with Gasteiger partial charge in [0.1, 0.15) is 5.56 Å². The van der Waals surface area contributed by atoms with E-state index in [0.717, 1.165) is 28.8 Å². The van der Waals surface area contributed by atoms with Gasteiger partial charge < -0.3 is 9.88 Å². The summed E-state index contributed by atoms with van der Waals surface area (Å²) in [4.78, 5) is 25.6. The minimum atomic E-state index is -0.355. The van der Waals surface area contributed by atoms with Crippen LogP contribution in [0.15, 0.2) is 47.4 Å². The normalized spacial score (nSPS) is 15.6. The molecule has 3 aromatic rings. The van der Waals surface area contributed by atoms with Crippen LogP contribution in [0.3, 0.4) is 0 Å². The number of carbonyl (C=O) groups is 1. The Hall–Kier alpha value is -2.88. The quantitative estimate of drug-likeness (QED) is 0.771. The van der Waals surface area contributed by atoms with E-state index in [9.17, 15) is 9.59 Å². The topological polar surface area (TPSA) is 51.1 Å². The Bertz CT molecular complexity index is 1080. The van der Waals surface area contributed by atoms with Gasteiger partial charge in [0.05, 0.1) is 5.52 Å². The molecule has 1 aromatic heterocycles. The molecule has 4 nitrogen and oxygen atoms in total. The van der Waals surface area contributed by atoms with Gasteiger partial charge in [-0.25, -0.2) is 0 Å². The number of carbonyl (C=O) groups excluding carboxylic acids is 1. The Morgan fingerprint density at radius 1 is 1.20 bits per heavy atom. The molecule has 1 amide bonds. The van der Waals surface area contributed by atoms with E-state index >= 15 is 0 Å². The summed E-state index contributed by atoms with van der Waals surface area (Å²) in [5, 5.41) is 3.51. The van der Waals surface area contributed by atoms with Crippen molar-refractivity contribution in [3.8, 4) is 0 Å². The number of anilines is 1. The highest BCUT2D eigenvalue weighted by atomic mass is 16.2. The molecule has 0 bridgehead atoms. The molecule has 0 spiro atoms. The van der Waals surface area contributed by atoms with Gasteiger partial charge in [-0.3, -0.25) is 9.59 Å². The lowest BCUT2D eigenvalue weighted by molar-refractivity contribution is 0.102. The summed E-state index contributed by atoms with van der Waals surface area (Å²) in [5.74, 6) is -0.355. The van der Waals surface area contributed by atoms with E-state index in [-0.39, 0.29) is 22.9 Å². The van der Waals surface area contributed by atoms with Crippen LogP contribution in [0.1, 0.15) is 40.0 Å². The molecule has 1 unspecified atom stereocenters. The van der Waals surface area contributed by atoms with Crippen molar-refractivity contribution in [2.45, 2.75) is 33.2 Å². The third kappa shape index (κ3) is 2.45. The molecular formula is C21H20N2O2. The molecule has 0 fully saturated rings. The molecule has 1 N–H and O–H groups in total. The molecule has 1 aliphatic rings. The summed E-state index contributed by atoms with van der Waals surface area (Å²) in [6, 6.07) is 11.8. The summed E-state index contributed by atoms with van der Waals surface area (Å²) in [7, 11) is 0. The standard InChI is InChI=1S/C21H20N2O2/c1-12-7-8-18(13(2)9-12)22-21(25)17-11-23-14(3)10-15-5-4-6-16(19(15)23)20(17)24/h4-9,11,14H,10H2,1-3H3,(H,22,25). The fraction of sp³-hybridized carbons (Fsp3) is 0.238. The number of amides is 1. The molecule has 0 saturated carbocycles. The Kier molecular flexibility index (Phi) is 3.49. The molecular weight excluding hydrogens is 312 g/mol. The van der Waals surface area contributed by atoms with Crippen LogP contribution in [-0.2, 0) is 6.42 Å². The highest BCUT2D eigenvalue weighted by Gasteiger charge is 2.24. The monoisotopic (exact) mass is 332 g/mol. The number of hydrogen-bond donors (Lipinski definition) is 1. The molecule has 0 radical (unpaired) electrons. The van der Waals surface area contributed by atoms with Crippen molar-refractivity contribution in [2.24, 2.45) is 0 Å². The van der Waals surface area contributed by atoms with Crippen LogP contribution in [0.4, 0.5) is 5.69 Å². The van der Waals surface area contributed by atoms with Crippen LogP contribution in [-0.4, -0.2) is 10.5 Å². The average molecular weight is 332 g/mol. The highest BCUT2D eigenvalue weighted by Crippen LogP contribution is 2.31. The third-order valence-corrected chi connectivity index (χ3v) is 5.00. The first kappa shape index (κ1) is 15.6. The number of para-hydroxylation sites is 1. The summed E-state index contributed by atoms with van der Waals surface area (Å²) < 4.78 is 2.06. The number of rotatable bonds is 2. The molecule has 25 heavy (non-hydrogen) atoms. The second kappa shape index (κ2) is 5.59. The lowest BCUT2D eigenvalue weighted by Crippen LogP contribution is -2.24. The minimum absolute atomic E-state index is 0.193. The van der Waals surface area contributed by atoms with E-state index in [1.54, 1.807) is 6.20 Å². The summed E-state index contributed by atoms with van der Waals surface area (Å²) in [5.41, 5.74) is 4.97. The fourth-order valence-electron chi connectivity index (χ4n) is 3.72. The predicted octanol–water partition coefficient (Wildman–Crippen LogP) is 3.99. The largest absolute Gasteiger partial charge is 0.343 e. The SMILES string of the molecule is Cc1ccc(NC(=O)c2cn3c4c(cccc4c2=O)CC3C)c(C)c1. The van der Waals surface area contributed by atoms with Gasteiger partial charge >= 0.3 is 0 Å². The van der Waals surface area contributed by atoms with Gasteiger partial charge in [-0.2, -0.15) is 0 Å². The first-order valence-electron chi connectivity index (χ1n) is 8.51. The van der Waals surface area contributed by atoms with Gasteiger partial charge in [0, 0.05) is 23.3 Å². The second-order valence-corrected chi connectivity index (χ2v) is 6.92. The molecule has 1 aliphatic heterocycles. The van der Waals surface area contributed by atoms with E-state index in [1.165, 1.54) is 5.56 Å². The van der Waals surface area contributed by atoms with Gasteiger partial charge in [-0.05, 0) is 50.5 Å². The number of nitrogens with one attached hydrogen (secondary N) is 1. The average Bonchev–Trinajstić information content (AvgIpc) is 2.89. The van der Waals surface area contributed by atoms with Crippen LogP contribution < -0.4 is 10.7 Å². The van der Waals surface area contributed by atoms with Crippen molar-refractivity contribution in [3.63, 3.8) is 0 Å².